The predicted molar refractivity (Wildman–Crippen MR) is 118 cm³/mol. The highest BCUT2D eigenvalue weighted by Crippen LogP contribution is 2.11. The van der Waals surface area contributed by atoms with Crippen LogP contribution in [0.15, 0.2) is 76.6 Å². The number of hydrogen-bond donors (Lipinski definition) is 0. The second-order valence-corrected chi connectivity index (χ2v) is 7.14. The first-order chi connectivity index (χ1) is 15.6. The fourth-order valence-electron chi connectivity index (χ4n) is 3.43. The first kappa shape index (κ1) is 21.3. The van der Waals surface area contributed by atoms with Crippen LogP contribution in [0.3, 0.4) is 0 Å². The maximum atomic E-state index is 13.3. The number of fused-ring (bicyclic) bond motifs is 1. The van der Waals surface area contributed by atoms with E-state index in [1.807, 2.05) is 30.3 Å². The maximum Gasteiger partial charge on any atom is 0.333 e. The Morgan fingerprint density at radius 2 is 1.66 bits per heavy atom. The molecule has 0 aliphatic carbocycles. The lowest BCUT2D eigenvalue weighted by Crippen LogP contribution is -2.43. The summed E-state index contributed by atoms with van der Waals surface area (Å²) in [5, 5.41) is 0. The number of rotatable bonds is 8. The summed E-state index contributed by atoms with van der Waals surface area (Å²) in [6.07, 6.45) is 1.50. The lowest BCUT2D eigenvalue weighted by Gasteiger charge is -2.12. The molecule has 0 atom stereocenters. The van der Waals surface area contributed by atoms with Crippen LogP contribution in [0.4, 0.5) is 0 Å². The minimum atomic E-state index is -0.719. The van der Waals surface area contributed by atoms with Crippen LogP contribution < -0.4 is 16.0 Å². The third-order valence-electron chi connectivity index (χ3n) is 4.97. The third-order valence-corrected chi connectivity index (χ3v) is 4.97. The van der Waals surface area contributed by atoms with Gasteiger partial charge in [-0.15, -0.1) is 0 Å². The van der Waals surface area contributed by atoms with Crippen LogP contribution in [-0.2, 0) is 29.2 Å². The quantitative estimate of drug-likeness (QED) is 0.309. The molecule has 2 aromatic carbocycles. The molecule has 9 heteroatoms. The van der Waals surface area contributed by atoms with Gasteiger partial charge in [0.25, 0.3) is 5.56 Å². The average Bonchev–Trinajstić information content (AvgIpc) is 3.23. The number of benzene rings is 2. The summed E-state index contributed by atoms with van der Waals surface area (Å²) < 4.78 is 14.3. The van der Waals surface area contributed by atoms with E-state index in [9.17, 15) is 14.4 Å². The van der Waals surface area contributed by atoms with Gasteiger partial charge in [0, 0.05) is 13.7 Å². The zero-order chi connectivity index (χ0) is 22.5. The first-order valence-electron chi connectivity index (χ1n) is 10.1. The Balaban J connectivity index is 1.79. The number of hydrogen-bond acceptors (Lipinski definition) is 6. The minimum absolute atomic E-state index is 0.200. The van der Waals surface area contributed by atoms with Gasteiger partial charge in [0.05, 0.1) is 19.5 Å². The highest BCUT2D eigenvalue weighted by molar-refractivity contribution is 5.74. The summed E-state index contributed by atoms with van der Waals surface area (Å²) in [4.78, 5) is 43.3. The molecule has 4 rings (SSSR count). The number of carbonyl (C=O) groups excluding carboxylic acids is 1. The topological polar surface area (TPSA) is 97.4 Å². The Labute approximate surface area is 183 Å². The van der Waals surface area contributed by atoms with Crippen molar-refractivity contribution < 1.29 is 14.3 Å². The maximum absolute atomic E-state index is 13.3. The number of esters is 1. The van der Waals surface area contributed by atoms with Crippen molar-refractivity contribution in [2.75, 3.05) is 13.7 Å². The van der Waals surface area contributed by atoms with Crippen molar-refractivity contribution in [1.82, 2.24) is 18.7 Å². The fraction of sp³-hybridized carbons (Fsp3) is 0.217. The molecule has 0 aliphatic rings. The van der Waals surface area contributed by atoms with E-state index in [4.69, 9.17) is 9.47 Å². The second-order valence-electron chi connectivity index (χ2n) is 7.14. The predicted octanol–water partition coefficient (Wildman–Crippen LogP) is 1.66. The highest BCUT2D eigenvalue weighted by atomic mass is 16.5. The largest absolute Gasteiger partial charge is 0.425 e. The van der Waals surface area contributed by atoms with Crippen LogP contribution >= 0.6 is 0 Å². The van der Waals surface area contributed by atoms with E-state index >= 15 is 0 Å². The second kappa shape index (κ2) is 9.44. The van der Waals surface area contributed by atoms with Gasteiger partial charge in [0.1, 0.15) is 12.3 Å². The summed E-state index contributed by atoms with van der Waals surface area (Å²) in [5.74, 6) is -0.384. The number of carbonyl (C=O) groups is 1. The number of para-hydroxylation sites is 1. The molecule has 0 aliphatic heterocycles. The summed E-state index contributed by atoms with van der Waals surface area (Å²) >= 11 is 0. The molecule has 32 heavy (non-hydrogen) atoms. The zero-order valence-corrected chi connectivity index (χ0v) is 17.5. The van der Waals surface area contributed by atoms with E-state index < -0.39 is 23.8 Å². The molecule has 0 saturated heterocycles. The number of methoxy groups -OCH3 is 1. The summed E-state index contributed by atoms with van der Waals surface area (Å²) in [6.45, 7) is 0.414. The van der Waals surface area contributed by atoms with Gasteiger partial charge >= 0.3 is 11.7 Å². The van der Waals surface area contributed by atoms with Crippen molar-refractivity contribution in [3.8, 4) is 5.75 Å². The van der Waals surface area contributed by atoms with E-state index in [0.717, 1.165) is 10.1 Å². The van der Waals surface area contributed by atoms with E-state index in [-0.39, 0.29) is 17.7 Å². The van der Waals surface area contributed by atoms with Crippen molar-refractivity contribution in [1.29, 1.82) is 0 Å². The summed E-state index contributed by atoms with van der Waals surface area (Å²) in [7, 11) is 1.56. The molecule has 2 heterocycles. The van der Waals surface area contributed by atoms with E-state index in [0.29, 0.717) is 18.9 Å². The average molecular weight is 434 g/mol. The Morgan fingerprint density at radius 1 is 0.969 bits per heavy atom. The number of ether oxygens (including phenoxy) is 2. The number of nitrogens with zero attached hydrogens (tertiary/aromatic N) is 4. The minimum Gasteiger partial charge on any atom is -0.425 e. The van der Waals surface area contributed by atoms with E-state index in [1.54, 1.807) is 42.0 Å². The standard InChI is InChI=1S/C23H22N4O5/c1-31-13-12-25-16-24-21-20(25)22(29)27(15-19(28)32-18-10-6-3-7-11-18)23(30)26(21)14-17-8-4-2-5-9-17/h2-11,16H,12-15H2,1H3. The van der Waals surface area contributed by atoms with Gasteiger partial charge in [-0.25, -0.2) is 19.1 Å². The lowest BCUT2D eigenvalue weighted by atomic mass is 10.2. The van der Waals surface area contributed by atoms with E-state index in [1.165, 1.54) is 10.9 Å². The molecule has 0 spiro atoms. The highest BCUT2D eigenvalue weighted by Gasteiger charge is 2.20. The molecular weight excluding hydrogens is 412 g/mol. The molecule has 0 bridgehead atoms. The zero-order valence-electron chi connectivity index (χ0n) is 17.5. The molecule has 0 fully saturated rings. The fourth-order valence-corrected chi connectivity index (χ4v) is 3.43. The van der Waals surface area contributed by atoms with Crippen molar-refractivity contribution in [2.45, 2.75) is 19.6 Å². The SMILES string of the molecule is COCCn1cnc2c1c(=O)n(CC(=O)Oc1ccccc1)c(=O)n2Cc1ccccc1. The third kappa shape index (κ3) is 4.37. The van der Waals surface area contributed by atoms with Gasteiger partial charge in [-0.2, -0.15) is 0 Å². The molecule has 9 nitrogen and oxygen atoms in total. The van der Waals surface area contributed by atoms with Crippen molar-refractivity contribution in [3.63, 3.8) is 0 Å². The Hall–Kier alpha value is -3.98. The molecular formula is C23H22N4O5. The number of imidazole rings is 1. The van der Waals surface area contributed by atoms with Crippen LogP contribution in [0.5, 0.6) is 5.75 Å². The van der Waals surface area contributed by atoms with Crippen molar-refractivity contribution in [3.05, 3.63) is 93.4 Å². The van der Waals surface area contributed by atoms with Crippen LogP contribution in [0.25, 0.3) is 11.2 Å². The molecule has 0 unspecified atom stereocenters. The molecule has 2 aromatic heterocycles. The van der Waals surface area contributed by atoms with Gasteiger partial charge in [0.15, 0.2) is 11.2 Å². The summed E-state index contributed by atoms with van der Waals surface area (Å²) in [5.41, 5.74) is 0.110. The molecule has 164 valence electrons. The summed E-state index contributed by atoms with van der Waals surface area (Å²) in [6, 6.07) is 17.8. The first-order valence-corrected chi connectivity index (χ1v) is 10.1. The van der Waals surface area contributed by atoms with Crippen molar-refractivity contribution in [2.24, 2.45) is 0 Å². The normalized spacial score (nSPS) is 11.0. The van der Waals surface area contributed by atoms with Gasteiger partial charge < -0.3 is 14.0 Å². The Kier molecular flexibility index (Phi) is 6.27. The molecule has 4 aromatic rings. The molecule has 0 saturated carbocycles. The Morgan fingerprint density at radius 3 is 2.34 bits per heavy atom. The van der Waals surface area contributed by atoms with Gasteiger partial charge in [-0.3, -0.25) is 9.36 Å². The van der Waals surface area contributed by atoms with Gasteiger partial charge in [-0.1, -0.05) is 48.5 Å². The van der Waals surface area contributed by atoms with Crippen molar-refractivity contribution >= 4 is 17.1 Å². The van der Waals surface area contributed by atoms with Crippen LogP contribution in [0.1, 0.15) is 5.56 Å². The number of aromatic nitrogens is 4. The van der Waals surface area contributed by atoms with E-state index in [2.05, 4.69) is 4.98 Å². The molecule has 0 radical (unpaired) electrons. The lowest BCUT2D eigenvalue weighted by molar-refractivity contribution is -0.135. The van der Waals surface area contributed by atoms with Gasteiger partial charge in [-0.05, 0) is 17.7 Å². The van der Waals surface area contributed by atoms with Crippen LogP contribution in [-0.4, -0.2) is 38.4 Å². The smallest absolute Gasteiger partial charge is 0.333 e. The molecule has 0 N–H and O–H groups in total. The monoisotopic (exact) mass is 434 g/mol. The molecule has 0 amide bonds. The van der Waals surface area contributed by atoms with Gasteiger partial charge in [0.2, 0.25) is 0 Å². The Bertz CT molecular complexity index is 1340. The van der Waals surface area contributed by atoms with Crippen LogP contribution in [0, 0.1) is 0 Å². The van der Waals surface area contributed by atoms with Crippen LogP contribution in [0.2, 0.25) is 0 Å².